The second kappa shape index (κ2) is 4.64. The Bertz CT molecular complexity index is 465. The van der Waals surface area contributed by atoms with Gasteiger partial charge in [0, 0.05) is 19.0 Å². The van der Waals surface area contributed by atoms with Crippen molar-refractivity contribution >= 4 is 33.0 Å². The van der Waals surface area contributed by atoms with E-state index in [2.05, 4.69) is 0 Å². The minimum absolute atomic E-state index is 0.187. The fraction of sp³-hybridized carbons (Fsp3) is 0.600. The molecular weight excluding hydrogens is 266 g/mol. The highest BCUT2D eigenvalue weighted by Gasteiger charge is 2.32. The number of thiophene rings is 1. The average molecular weight is 280 g/mol. The van der Waals surface area contributed by atoms with Crippen LogP contribution >= 0.6 is 22.9 Å². The summed E-state index contributed by atoms with van der Waals surface area (Å²) in [5.74, 6) is 0.360. The van der Waals surface area contributed by atoms with E-state index in [9.17, 15) is 8.42 Å². The molecule has 0 radical (unpaired) electrons. The highest BCUT2D eigenvalue weighted by molar-refractivity contribution is 7.91. The summed E-state index contributed by atoms with van der Waals surface area (Å²) in [6.07, 6.45) is 3.08. The van der Waals surface area contributed by atoms with Crippen molar-refractivity contribution in [1.29, 1.82) is 0 Å². The van der Waals surface area contributed by atoms with Crippen LogP contribution in [-0.4, -0.2) is 25.8 Å². The summed E-state index contributed by atoms with van der Waals surface area (Å²) < 4.78 is 26.3. The van der Waals surface area contributed by atoms with Gasteiger partial charge in [-0.1, -0.05) is 6.42 Å². The van der Waals surface area contributed by atoms with Crippen molar-refractivity contribution in [2.45, 2.75) is 35.4 Å². The van der Waals surface area contributed by atoms with E-state index in [0.717, 1.165) is 24.8 Å². The molecule has 3 nitrogen and oxygen atoms in total. The molecule has 90 valence electrons. The molecule has 1 saturated carbocycles. The molecule has 1 aliphatic carbocycles. The van der Waals surface area contributed by atoms with Crippen LogP contribution in [0.3, 0.4) is 0 Å². The van der Waals surface area contributed by atoms with Crippen molar-refractivity contribution in [1.82, 2.24) is 4.31 Å². The molecule has 1 aromatic heterocycles. The minimum Gasteiger partial charge on any atom is -0.206 e. The van der Waals surface area contributed by atoms with Crippen LogP contribution in [-0.2, 0) is 15.9 Å². The normalized spacial score (nSPS) is 17.7. The van der Waals surface area contributed by atoms with Gasteiger partial charge in [0.05, 0.1) is 0 Å². The van der Waals surface area contributed by atoms with Crippen molar-refractivity contribution in [3.8, 4) is 0 Å². The number of alkyl halides is 1. The molecule has 0 spiro atoms. The van der Waals surface area contributed by atoms with E-state index in [4.69, 9.17) is 11.6 Å². The third-order valence-electron chi connectivity index (χ3n) is 3.01. The molecule has 6 heteroatoms. The van der Waals surface area contributed by atoms with Gasteiger partial charge in [-0.3, -0.25) is 0 Å². The first-order valence-corrected chi connectivity index (χ1v) is 8.02. The van der Waals surface area contributed by atoms with Gasteiger partial charge >= 0.3 is 0 Å². The Labute approximate surface area is 105 Å². The van der Waals surface area contributed by atoms with Crippen LogP contribution in [0, 0.1) is 0 Å². The van der Waals surface area contributed by atoms with Crippen molar-refractivity contribution in [3.63, 3.8) is 0 Å². The Kier molecular flexibility index (Phi) is 3.59. The van der Waals surface area contributed by atoms with Gasteiger partial charge in [-0.05, 0) is 29.9 Å². The van der Waals surface area contributed by atoms with Gasteiger partial charge in [0.15, 0.2) is 0 Å². The molecule has 0 aliphatic heterocycles. The monoisotopic (exact) mass is 279 g/mol. The van der Waals surface area contributed by atoms with Crippen molar-refractivity contribution in [2.24, 2.45) is 0 Å². The quantitative estimate of drug-likeness (QED) is 0.795. The third-order valence-corrected chi connectivity index (χ3v) is 6.69. The Balaban J connectivity index is 2.23. The maximum atomic E-state index is 12.2. The van der Waals surface area contributed by atoms with Crippen LogP contribution in [0.5, 0.6) is 0 Å². The SMILES string of the molecule is CN(C1CCC1)S(=O)(=O)c1cc(CCl)cs1. The molecule has 1 heterocycles. The Morgan fingerprint density at radius 1 is 1.56 bits per heavy atom. The van der Waals surface area contributed by atoms with Gasteiger partial charge < -0.3 is 0 Å². The number of sulfonamides is 1. The molecule has 0 atom stereocenters. The minimum atomic E-state index is -3.30. The molecule has 1 fully saturated rings. The molecule has 0 unspecified atom stereocenters. The van der Waals surface area contributed by atoms with Crippen LogP contribution in [0.2, 0.25) is 0 Å². The standard InChI is InChI=1S/C10H14ClNO2S2/c1-12(9-3-2-4-9)16(13,14)10-5-8(6-11)7-15-10/h5,7,9H,2-4,6H2,1H3. The lowest BCUT2D eigenvalue weighted by molar-refractivity contribution is 0.250. The lowest BCUT2D eigenvalue weighted by Crippen LogP contribution is -2.40. The summed E-state index contributed by atoms with van der Waals surface area (Å²) in [6.45, 7) is 0. The van der Waals surface area contributed by atoms with Crippen molar-refractivity contribution < 1.29 is 8.42 Å². The van der Waals surface area contributed by atoms with Gasteiger partial charge in [0.1, 0.15) is 4.21 Å². The second-order valence-electron chi connectivity index (χ2n) is 4.01. The number of hydrogen-bond donors (Lipinski definition) is 0. The highest BCUT2D eigenvalue weighted by atomic mass is 35.5. The topological polar surface area (TPSA) is 37.4 Å². The fourth-order valence-corrected chi connectivity index (χ4v) is 4.70. The zero-order valence-electron chi connectivity index (χ0n) is 9.02. The van der Waals surface area contributed by atoms with Gasteiger partial charge in [-0.25, -0.2) is 8.42 Å². The van der Waals surface area contributed by atoms with Gasteiger partial charge in [0.2, 0.25) is 0 Å². The van der Waals surface area contributed by atoms with E-state index < -0.39 is 10.0 Å². The van der Waals surface area contributed by atoms with E-state index in [1.165, 1.54) is 15.6 Å². The average Bonchev–Trinajstić information content (AvgIpc) is 2.63. The molecule has 16 heavy (non-hydrogen) atoms. The van der Waals surface area contributed by atoms with E-state index in [-0.39, 0.29) is 6.04 Å². The number of nitrogens with zero attached hydrogens (tertiary/aromatic N) is 1. The van der Waals surface area contributed by atoms with Crippen LogP contribution in [0.4, 0.5) is 0 Å². The molecule has 0 bridgehead atoms. The van der Waals surface area contributed by atoms with E-state index >= 15 is 0 Å². The van der Waals surface area contributed by atoms with E-state index in [1.54, 1.807) is 18.5 Å². The number of hydrogen-bond acceptors (Lipinski definition) is 3. The molecule has 0 amide bonds. The Morgan fingerprint density at radius 2 is 2.25 bits per heavy atom. The van der Waals surface area contributed by atoms with Crippen LogP contribution in [0.25, 0.3) is 0 Å². The maximum absolute atomic E-state index is 12.2. The van der Waals surface area contributed by atoms with Gasteiger partial charge in [-0.2, -0.15) is 4.31 Å². The zero-order chi connectivity index (χ0) is 11.8. The first-order chi connectivity index (χ1) is 7.55. The maximum Gasteiger partial charge on any atom is 0.252 e. The van der Waals surface area contributed by atoms with E-state index in [1.807, 2.05) is 0 Å². The fourth-order valence-electron chi connectivity index (χ4n) is 1.65. The van der Waals surface area contributed by atoms with Crippen LogP contribution < -0.4 is 0 Å². The third kappa shape index (κ3) is 2.14. The smallest absolute Gasteiger partial charge is 0.206 e. The lowest BCUT2D eigenvalue weighted by Gasteiger charge is -2.33. The molecule has 1 aliphatic rings. The summed E-state index contributed by atoms with van der Waals surface area (Å²) in [4.78, 5) is 0. The molecular formula is C10H14ClNO2S2. The second-order valence-corrected chi connectivity index (χ2v) is 7.42. The molecule has 0 aromatic carbocycles. The lowest BCUT2D eigenvalue weighted by atomic mass is 9.94. The first-order valence-electron chi connectivity index (χ1n) is 5.17. The summed E-state index contributed by atoms with van der Waals surface area (Å²) >= 11 is 6.92. The molecule has 0 N–H and O–H groups in total. The molecule has 0 saturated heterocycles. The van der Waals surface area contributed by atoms with E-state index in [0.29, 0.717) is 10.1 Å². The van der Waals surface area contributed by atoms with Crippen LogP contribution in [0.1, 0.15) is 24.8 Å². The van der Waals surface area contributed by atoms with Crippen molar-refractivity contribution in [3.05, 3.63) is 17.0 Å². The molecule has 1 aromatic rings. The highest BCUT2D eigenvalue weighted by Crippen LogP contribution is 2.31. The summed E-state index contributed by atoms with van der Waals surface area (Å²) in [7, 11) is -1.63. The first kappa shape index (κ1) is 12.4. The molecule has 2 rings (SSSR count). The van der Waals surface area contributed by atoms with Gasteiger partial charge in [-0.15, -0.1) is 22.9 Å². The predicted molar refractivity (Wildman–Crippen MR) is 66.5 cm³/mol. The largest absolute Gasteiger partial charge is 0.252 e. The Hall–Kier alpha value is -0.100. The predicted octanol–water partition coefficient (Wildman–Crippen LogP) is 2.66. The number of rotatable bonds is 4. The van der Waals surface area contributed by atoms with Crippen LogP contribution in [0.15, 0.2) is 15.7 Å². The summed E-state index contributed by atoms with van der Waals surface area (Å²) in [6, 6.07) is 1.86. The number of halogens is 1. The van der Waals surface area contributed by atoms with Crippen molar-refractivity contribution in [2.75, 3.05) is 7.05 Å². The van der Waals surface area contributed by atoms with Gasteiger partial charge in [0.25, 0.3) is 10.0 Å². The summed E-state index contributed by atoms with van der Waals surface area (Å²) in [5.41, 5.74) is 0.868. The Morgan fingerprint density at radius 3 is 2.69 bits per heavy atom. The zero-order valence-corrected chi connectivity index (χ0v) is 11.4. The summed E-state index contributed by atoms with van der Waals surface area (Å²) in [5, 5.41) is 1.80.